The molecule has 30 heavy (non-hydrogen) atoms. The lowest BCUT2D eigenvalue weighted by Gasteiger charge is -2.37. The molecule has 9 heteroatoms. The van der Waals surface area contributed by atoms with Gasteiger partial charge in [0, 0.05) is 13.1 Å². The molecule has 0 unspecified atom stereocenters. The number of nitriles is 1. The Hall–Kier alpha value is -2.44. The summed E-state index contributed by atoms with van der Waals surface area (Å²) in [7, 11) is 1.32. The van der Waals surface area contributed by atoms with Gasteiger partial charge in [-0.1, -0.05) is 18.9 Å². The first-order valence-corrected chi connectivity index (χ1v) is 9.96. The van der Waals surface area contributed by atoms with Crippen LogP contribution in [0.5, 0.6) is 11.5 Å². The van der Waals surface area contributed by atoms with Gasteiger partial charge in [-0.05, 0) is 43.4 Å². The number of aliphatic hydroxyl groups excluding tert-OH is 1. The van der Waals surface area contributed by atoms with E-state index in [1.165, 1.54) is 38.2 Å². The topological polar surface area (TPSA) is 103 Å². The van der Waals surface area contributed by atoms with Crippen molar-refractivity contribution in [2.45, 2.75) is 56.7 Å². The molecule has 0 aromatic heterocycles. The molecule has 0 bridgehead atoms. The number of hydrogen-bond donors (Lipinski definition) is 2. The first-order chi connectivity index (χ1) is 14.3. The van der Waals surface area contributed by atoms with Crippen LogP contribution in [0, 0.1) is 11.3 Å². The second-order valence-corrected chi connectivity index (χ2v) is 7.55. The van der Waals surface area contributed by atoms with E-state index in [1.807, 2.05) is 4.90 Å². The number of esters is 1. The number of likely N-dealkylation sites (tertiary alicyclic amines) is 1. The van der Waals surface area contributed by atoms with Crippen LogP contribution in [-0.4, -0.2) is 60.5 Å². The van der Waals surface area contributed by atoms with E-state index < -0.39 is 17.8 Å². The van der Waals surface area contributed by atoms with Crippen molar-refractivity contribution in [3.05, 3.63) is 23.8 Å². The number of nitrogens with zero attached hydrogens (tertiary/aromatic N) is 2. The number of aromatic hydroxyl groups is 1. The summed E-state index contributed by atoms with van der Waals surface area (Å²) in [6, 6.07) is 6.30. The third-order valence-electron chi connectivity index (χ3n) is 5.56. The molecule has 0 atom stereocenters. The van der Waals surface area contributed by atoms with Crippen molar-refractivity contribution in [2.24, 2.45) is 0 Å². The zero-order valence-corrected chi connectivity index (χ0v) is 17.0. The third-order valence-corrected chi connectivity index (χ3v) is 5.56. The SMILES string of the molecule is COC(=O)CN1CCC(C#N)(c2ccc(OC(F)F)c(O)c2)CC1.OC1CCCC1. The van der Waals surface area contributed by atoms with Crippen molar-refractivity contribution in [1.29, 1.82) is 5.26 Å². The van der Waals surface area contributed by atoms with Crippen molar-refractivity contribution in [2.75, 3.05) is 26.7 Å². The van der Waals surface area contributed by atoms with Gasteiger partial charge in [0.05, 0.1) is 31.2 Å². The normalized spacial score (nSPS) is 18.9. The Morgan fingerprint density at radius 1 is 1.33 bits per heavy atom. The molecule has 166 valence electrons. The van der Waals surface area contributed by atoms with E-state index >= 15 is 0 Å². The van der Waals surface area contributed by atoms with Crippen LogP contribution in [0.3, 0.4) is 0 Å². The number of rotatable bonds is 5. The standard InChI is InChI=1S/C16H18F2N2O4.C5H10O/c1-23-14(22)9-20-6-4-16(10-19,5-7-20)11-2-3-13(12(21)8-11)24-15(17)18;6-5-3-1-2-4-5/h2-3,8,15,21H,4-7,9H2,1H3;5-6H,1-4H2. The van der Waals surface area contributed by atoms with Gasteiger partial charge in [-0.25, -0.2) is 0 Å². The number of alkyl halides is 2. The van der Waals surface area contributed by atoms with Gasteiger partial charge < -0.3 is 19.7 Å². The number of piperidine rings is 1. The Balaban J connectivity index is 0.000000456. The number of hydrogen-bond acceptors (Lipinski definition) is 7. The monoisotopic (exact) mass is 426 g/mol. The minimum Gasteiger partial charge on any atom is -0.504 e. The van der Waals surface area contributed by atoms with Gasteiger partial charge in [-0.2, -0.15) is 14.0 Å². The van der Waals surface area contributed by atoms with E-state index in [1.54, 1.807) is 0 Å². The average Bonchev–Trinajstić information content (AvgIpc) is 3.21. The van der Waals surface area contributed by atoms with E-state index in [0.717, 1.165) is 12.8 Å². The summed E-state index contributed by atoms with van der Waals surface area (Å²) >= 11 is 0. The zero-order chi connectivity index (χ0) is 22.1. The summed E-state index contributed by atoms with van der Waals surface area (Å²) < 4.78 is 33.3. The molecule has 1 heterocycles. The molecule has 2 N–H and O–H groups in total. The fraction of sp³-hybridized carbons (Fsp3) is 0.619. The number of carbonyl (C=O) groups excluding carboxylic acids is 1. The smallest absolute Gasteiger partial charge is 0.387 e. The molecule has 7 nitrogen and oxygen atoms in total. The summed E-state index contributed by atoms with van der Waals surface area (Å²) in [5, 5.41) is 28.2. The largest absolute Gasteiger partial charge is 0.504 e. The van der Waals surface area contributed by atoms with Gasteiger partial charge in [0.2, 0.25) is 0 Å². The number of aliphatic hydroxyl groups is 1. The van der Waals surface area contributed by atoms with Gasteiger partial charge in [0.15, 0.2) is 11.5 Å². The Morgan fingerprint density at radius 3 is 2.40 bits per heavy atom. The predicted molar refractivity (Wildman–Crippen MR) is 104 cm³/mol. The maximum absolute atomic E-state index is 12.2. The third kappa shape index (κ3) is 6.54. The maximum Gasteiger partial charge on any atom is 0.387 e. The highest BCUT2D eigenvalue weighted by atomic mass is 19.3. The summed E-state index contributed by atoms with van der Waals surface area (Å²) in [5.41, 5.74) is -0.296. The van der Waals surface area contributed by atoms with E-state index in [0.29, 0.717) is 31.5 Å². The summed E-state index contributed by atoms with van der Waals surface area (Å²) in [5.74, 6) is -1.10. The summed E-state index contributed by atoms with van der Waals surface area (Å²) in [6.07, 6.45) is 5.51. The fourth-order valence-electron chi connectivity index (χ4n) is 3.72. The Kier molecular flexibility index (Phi) is 8.81. The van der Waals surface area contributed by atoms with Crippen LogP contribution in [0.1, 0.15) is 44.1 Å². The van der Waals surface area contributed by atoms with Crippen molar-refractivity contribution < 1.29 is 33.3 Å². The number of phenols is 1. The number of phenolic OH excluding ortho intramolecular Hbond substituents is 1. The number of carbonyl (C=O) groups is 1. The molecule has 0 radical (unpaired) electrons. The van der Waals surface area contributed by atoms with Crippen LogP contribution in [-0.2, 0) is 14.9 Å². The lowest BCUT2D eigenvalue weighted by molar-refractivity contribution is -0.142. The molecular weight excluding hydrogens is 398 g/mol. The highest BCUT2D eigenvalue weighted by Crippen LogP contribution is 2.39. The van der Waals surface area contributed by atoms with Gasteiger partial charge in [-0.3, -0.25) is 9.69 Å². The van der Waals surface area contributed by atoms with Crippen LogP contribution in [0.4, 0.5) is 8.78 Å². The highest BCUT2D eigenvalue weighted by molar-refractivity contribution is 5.71. The number of ether oxygens (including phenoxy) is 2. The average molecular weight is 426 g/mol. The molecule has 1 aliphatic carbocycles. The highest BCUT2D eigenvalue weighted by Gasteiger charge is 2.37. The molecule has 1 aliphatic heterocycles. The van der Waals surface area contributed by atoms with E-state index in [9.17, 15) is 23.9 Å². The fourth-order valence-corrected chi connectivity index (χ4v) is 3.72. The van der Waals surface area contributed by atoms with Crippen LogP contribution < -0.4 is 4.74 Å². The van der Waals surface area contributed by atoms with Gasteiger partial charge >= 0.3 is 12.6 Å². The van der Waals surface area contributed by atoms with E-state index in [4.69, 9.17) is 5.11 Å². The quantitative estimate of drug-likeness (QED) is 0.698. The molecular formula is C21H28F2N2O5. The number of benzene rings is 1. The van der Waals surface area contributed by atoms with Gasteiger partial charge in [0.25, 0.3) is 0 Å². The maximum atomic E-state index is 12.2. The first kappa shape index (κ1) is 23.8. The van der Waals surface area contributed by atoms with Crippen LogP contribution in [0.2, 0.25) is 0 Å². The van der Waals surface area contributed by atoms with Crippen molar-refractivity contribution in [1.82, 2.24) is 4.90 Å². The minimum atomic E-state index is -3.03. The van der Waals surface area contributed by atoms with Crippen LogP contribution in [0.25, 0.3) is 0 Å². The minimum absolute atomic E-state index is 0.0463. The van der Waals surface area contributed by atoms with Gasteiger partial charge in [0.1, 0.15) is 0 Å². The lowest BCUT2D eigenvalue weighted by Crippen LogP contribution is -2.44. The number of methoxy groups -OCH3 is 1. The van der Waals surface area contributed by atoms with E-state index in [2.05, 4.69) is 15.5 Å². The van der Waals surface area contributed by atoms with Crippen molar-refractivity contribution >= 4 is 5.97 Å². The molecule has 1 aromatic carbocycles. The van der Waals surface area contributed by atoms with Crippen molar-refractivity contribution in [3.8, 4) is 17.6 Å². The van der Waals surface area contributed by atoms with Gasteiger partial charge in [-0.15, -0.1) is 0 Å². The molecule has 1 aromatic rings. The molecule has 2 aliphatic rings. The predicted octanol–water partition coefficient (Wildman–Crippen LogP) is 2.95. The summed E-state index contributed by atoms with van der Waals surface area (Å²) in [4.78, 5) is 13.2. The molecule has 2 fully saturated rings. The number of halogens is 2. The Labute approximate surface area is 174 Å². The first-order valence-electron chi connectivity index (χ1n) is 9.96. The molecule has 0 spiro atoms. The second-order valence-electron chi connectivity index (χ2n) is 7.55. The van der Waals surface area contributed by atoms with E-state index in [-0.39, 0.29) is 24.4 Å². The molecule has 3 rings (SSSR count). The van der Waals surface area contributed by atoms with Crippen LogP contribution in [0.15, 0.2) is 18.2 Å². The van der Waals surface area contributed by atoms with Crippen LogP contribution >= 0.6 is 0 Å². The summed E-state index contributed by atoms with van der Waals surface area (Å²) in [6.45, 7) is -1.85. The zero-order valence-electron chi connectivity index (χ0n) is 17.0. The Bertz CT molecular complexity index is 739. The van der Waals surface area contributed by atoms with Crippen molar-refractivity contribution in [3.63, 3.8) is 0 Å². The molecule has 1 saturated carbocycles. The molecule has 0 amide bonds. The molecule has 1 saturated heterocycles. The Morgan fingerprint density at radius 2 is 1.97 bits per heavy atom. The second kappa shape index (κ2) is 11.1. The lowest BCUT2D eigenvalue weighted by atomic mass is 9.74.